The molecule has 1 aliphatic rings. The number of ether oxygens (including phenoxy) is 1. The number of rotatable bonds is 11. The predicted molar refractivity (Wildman–Crippen MR) is 131 cm³/mol. The zero-order valence-electron chi connectivity index (χ0n) is 19.7. The van der Waals surface area contributed by atoms with E-state index < -0.39 is 37.8 Å². The largest absolute Gasteiger partial charge is 0.492 e. The van der Waals surface area contributed by atoms with Crippen LogP contribution in [0.1, 0.15) is 26.2 Å². The third kappa shape index (κ3) is 6.50. The molecule has 1 aliphatic heterocycles. The minimum atomic E-state index is -3.94. The lowest BCUT2D eigenvalue weighted by Gasteiger charge is -2.30. The molecule has 35 heavy (non-hydrogen) atoms. The van der Waals surface area contributed by atoms with E-state index in [1.165, 1.54) is 34.6 Å². The Morgan fingerprint density at radius 3 is 2.29 bits per heavy atom. The molecule has 1 fully saturated rings. The first-order valence-corrected chi connectivity index (χ1v) is 14.6. The van der Waals surface area contributed by atoms with Crippen molar-refractivity contribution >= 4 is 31.6 Å². The molecule has 0 bridgehead atoms. The van der Waals surface area contributed by atoms with Gasteiger partial charge >= 0.3 is 0 Å². The summed E-state index contributed by atoms with van der Waals surface area (Å²) in [5, 5.41) is 2.62. The number of halogens is 1. The number of hydrogen-bond donors (Lipinski definition) is 1. The Bertz CT molecular complexity index is 1230. The molecule has 0 unspecified atom stereocenters. The van der Waals surface area contributed by atoms with Crippen molar-refractivity contribution in [3.63, 3.8) is 0 Å². The van der Waals surface area contributed by atoms with Crippen LogP contribution in [0.5, 0.6) is 5.75 Å². The van der Waals surface area contributed by atoms with Crippen molar-refractivity contribution in [2.24, 2.45) is 0 Å². The van der Waals surface area contributed by atoms with Crippen LogP contribution < -0.4 is 14.4 Å². The van der Waals surface area contributed by atoms with E-state index in [0.29, 0.717) is 18.8 Å². The van der Waals surface area contributed by atoms with Gasteiger partial charge in [0.25, 0.3) is 0 Å². The quantitative estimate of drug-likeness (QED) is 0.449. The molecule has 0 spiro atoms. The molecular formula is C23H30FN3O6S2. The SMILES string of the molecule is CC[C@@H](C(=O)NCCOc1ccc(S(=O)(=O)N2CCCC2)cc1)N(c1ccccc1F)S(C)(=O)=O. The van der Waals surface area contributed by atoms with Gasteiger partial charge in [-0.15, -0.1) is 0 Å². The van der Waals surface area contributed by atoms with Gasteiger partial charge in [-0.05, 0) is 55.7 Å². The van der Waals surface area contributed by atoms with Gasteiger partial charge in [0.15, 0.2) is 0 Å². The molecule has 3 rings (SSSR count). The molecular weight excluding hydrogens is 497 g/mol. The third-order valence-electron chi connectivity index (χ3n) is 5.62. The van der Waals surface area contributed by atoms with Crippen LogP contribution in [0.25, 0.3) is 0 Å². The number of carbonyl (C=O) groups excluding carboxylic acids is 1. The summed E-state index contributed by atoms with van der Waals surface area (Å²) in [6.07, 6.45) is 2.76. The van der Waals surface area contributed by atoms with Crippen molar-refractivity contribution in [1.82, 2.24) is 9.62 Å². The third-order valence-corrected chi connectivity index (χ3v) is 8.69. The summed E-state index contributed by atoms with van der Waals surface area (Å²) in [6.45, 7) is 2.81. The van der Waals surface area contributed by atoms with Crippen LogP contribution >= 0.6 is 0 Å². The van der Waals surface area contributed by atoms with E-state index >= 15 is 0 Å². The Labute approximate surface area is 206 Å². The fourth-order valence-electron chi connectivity index (χ4n) is 3.91. The second-order valence-corrected chi connectivity index (χ2v) is 12.0. The summed E-state index contributed by atoms with van der Waals surface area (Å²) in [5.74, 6) is -0.907. The van der Waals surface area contributed by atoms with Gasteiger partial charge in [-0.2, -0.15) is 4.31 Å². The lowest BCUT2D eigenvalue weighted by Crippen LogP contribution is -2.50. The molecule has 9 nitrogen and oxygen atoms in total. The Morgan fingerprint density at radius 2 is 1.71 bits per heavy atom. The van der Waals surface area contributed by atoms with E-state index in [4.69, 9.17) is 4.74 Å². The normalized spacial score (nSPS) is 15.5. The Morgan fingerprint density at radius 1 is 1.09 bits per heavy atom. The molecule has 1 amide bonds. The van der Waals surface area contributed by atoms with Gasteiger partial charge in [0.2, 0.25) is 26.0 Å². The second-order valence-electron chi connectivity index (χ2n) is 8.16. The molecule has 0 aromatic heterocycles. The van der Waals surface area contributed by atoms with E-state index in [1.807, 2.05) is 0 Å². The van der Waals surface area contributed by atoms with Gasteiger partial charge in [-0.3, -0.25) is 9.10 Å². The van der Waals surface area contributed by atoms with E-state index in [9.17, 15) is 26.0 Å². The van der Waals surface area contributed by atoms with Gasteiger partial charge in [0, 0.05) is 13.1 Å². The van der Waals surface area contributed by atoms with Crippen LogP contribution in [0.4, 0.5) is 10.1 Å². The first kappa shape index (κ1) is 26.9. The molecule has 12 heteroatoms. The molecule has 192 valence electrons. The average Bonchev–Trinajstić information content (AvgIpc) is 3.36. The molecule has 1 saturated heterocycles. The highest BCUT2D eigenvalue weighted by Gasteiger charge is 2.33. The Hall–Kier alpha value is -2.70. The number of hydrogen-bond acceptors (Lipinski definition) is 6. The van der Waals surface area contributed by atoms with E-state index in [-0.39, 0.29) is 30.2 Å². The summed E-state index contributed by atoms with van der Waals surface area (Å²) in [7, 11) is -7.45. The van der Waals surface area contributed by atoms with Crippen molar-refractivity contribution in [2.75, 3.05) is 36.8 Å². The highest BCUT2D eigenvalue weighted by atomic mass is 32.2. The zero-order valence-corrected chi connectivity index (χ0v) is 21.3. The standard InChI is InChI=1S/C23H30FN3O6S2/c1-3-21(27(34(2,29)30)22-9-5-4-8-20(22)24)23(28)25-14-17-33-18-10-12-19(13-11-18)35(31,32)26-15-6-7-16-26/h4-5,8-13,21H,3,6-7,14-17H2,1-2H3,(H,25,28)/t21-/m0/s1. The van der Waals surface area contributed by atoms with E-state index in [2.05, 4.69) is 5.32 Å². The van der Waals surface area contributed by atoms with Crippen LogP contribution in [-0.2, 0) is 24.8 Å². The number of carbonyl (C=O) groups is 1. The molecule has 1 N–H and O–H groups in total. The Kier molecular flexibility index (Phi) is 8.73. The average molecular weight is 528 g/mol. The maximum Gasteiger partial charge on any atom is 0.244 e. The molecule has 0 aliphatic carbocycles. The lowest BCUT2D eigenvalue weighted by atomic mass is 10.2. The number of amides is 1. The van der Waals surface area contributed by atoms with Crippen molar-refractivity contribution in [3.05, 3.63) is 54.3 Å². The van der Waals surface area contributed by atoms with Gasteiger partial charge < -0.3 is 10.1 Å². The minimum absolute atomic E-state index is 0.0675. The number of benzene rings is 2. The molecule has 2 aromatic rings. The number of sulfonamides is 2. The topological polar surface area (TPSA) is 113 Å². The summed E-state index contributed by atoms with van der Waals surface area (Å²) in [5.41, 5.74) is -0.197. The number of nitrogens with zero attached hydrogens (tertiary/aromatic N) is 2. The van der Waals surface area contributed by atoms with Gasteiger partial charge in [0.1, 0.15) is 24.2 Å². The van der Waals surface area contributed by atoms with Crippen molar-refractivity contribution in [2.45, 2.75) is 37.1 Å². The van der Waals surface area contributed by atoms with Crippen LogP contribution in [-0.4, -0.2) is 65.6 Å². The van der Waals surface area contributed by atoms with Gasteiger partial charge in [-0.1, -0.05) is 19.1 Å². The van der Waals surface area contributed by atoms with Crippen molar-refractivity contribution in [1.29, 1.82) is 0 Å². The summed E-state index contributed by atoms with van der Waals surface area (Å²) >= 11 is 0. The second kappa shape index (κ2) is 11.4. The molecule has 1 atom stereocenters. The highest BCUT2D eigenvalue weighted by Crippen LogP contribution is 2.26. The van der Waals surface area contributed by atoms with Crippen LogP contribution in [0, 0.1) is 5.82 Å². The fraction of sp³-hybridized carbons (Fsp3) is 0.435. The zero-order chi connectivity index (χ0) is 25.6. The summed E-state index contributed by atoms with van der Waals surface area (Å²) < 4.78 is 72.1. The smallest absolute Gasteiger partial charge is 0.244 e. The first-order valence-electron chi connectivity index (χ1n) is 11.3. The van der Waals surface area contributed by atoms with Crippen LogP contribution in [0.3, 0.4) is 0 Å². The number of anilines is 1. The van der Waals surface area contributed by atoms with E-state index in [0.717, 1.165) is 29.5 Å². The maximum atomic E-state index is 14.3. The molecule has 2 aromatic carbocycles. The van der Waals surface area contributed by atoms with E-state index in [1.54, 1.807) is 19.1 Å². The van der Waals surface area contributed by atoms with Gasteiger partial charge in [-0.25, -0.2) is 21.2 Å². The molecule has 0 radical (unpaired) electrons. The Balaban J connectivity index is 1.58. The predicted octanol–water partition coefficient (Wildman–Crippen LogP) is 2.35. The molecule has 1 heterocycles. The first-order chi connectivity index (χ1) is 16.6. The lowest BCUT2D eigenvalue weighted by molar-refractivity contribution is -0.122. The molecule has 0 saturated carbocycles. The summed E-state index contributed by atoms with van der Waals surface area (Å²) in [6, 6.07) is 10.3. The summed E-state index contributed by atoms with van der Waals surface area (Å²) in [4.78, 5) is 13.0. The van der Waals surface area contributed by atoms with Crippen LogP contribution in [0.2, 0.25) is 0 Å². The van der Waals surface area contributed by atoms with Gasteiger partial charge in [0.05, 0.1) is 23.4 Å². The number of nitrogens with one attached hydrogen (secondary N) is 1. The maximum absolute atomic E-state index is 14.3. The van der Waals surface area contributed by atoms with Crippen molar-refractivity contribution in [3.8, 4) is 5.75 Å². The number of para-hydroxylation sites is 1. The van der Waals surface area contributed by atoms with Crippen molar-refractivity contribution < 1.29 is 30.8 Å². The monoisotopic (exact) mass is 527 g/mol. The highest BCUT2D eigenvalue weighted by molar-refractivity contribution is 7.92. The minimum Gasteiger partial charge on any atom is -0.492 e. The van der Waals surface area contributed by atoms with Crippen LogP contribution in [0.15, 0.2) is 53.4 Å². The fourth-order valence-corrected chi connectivity index (χ4v) is 6.64.